The van der Waals surface area contributed by atoms with Crippen molar-refractivity contribution in [2.75, 3.05) is 31.1 Å². The van der Waals surface area contributed by atoms with Crippen molar-refractivity contribution in [3.63, 3.8) is 0 Å². The molecule has 1 aliphatic heterocycles. The molecule has 0 aromatic rings. The van der Waals surface area contributed by atoms with Gasteiger partial charge in [-0.3, -0.25) is 4.79 Å². The number of rotatable bonds is 5. The molecule has 1 amide bonds. The third kappa shape index (κ3) is 4.59. The summed E-state index contributed by atoms with van der Waals surface area (Å²) in [5.41, 5.74) is 0. The molecule has 0 aromatic heterocycles. The number of nitrogens with one attached hydrogen (secondary N) is 2. The maximum Gasteiger partial charge on any atom is 0.234 e. The van der Waals surface area contributed by atoms with Crippen LogP contribution in [0.4, 0.5) is 0 Å². The van der Waals surface area contributed by atoms with Crippen LogP contribution in [0.15, 0.2) is 0 Å². The molecule has 0 radical (unpaired) electrons. The van der Waals surface area contributed by atoms with Crippen LogP contribution in [0, 0.1) is 17.2 Å². The van der Waals surface area contributed by atoms with Gasteiger partial charge in [-0.15, -0.1) is 0 Å². The van der Waals surface area contributed by atoms with E-state index in [0.717, 1.165) is 0 Å². The van der Waals surface area contributed by atoms with Gasteiger partial charge in [-0.25, -0.2) is 8.42 Å². The van der Waals surface area contributed by atoms with Gasteiger partial charge in [0.25, 0.3) is 0 Å². The number of carbonyl (C=O) groups excluding carboxylic acids is 1. The van der Waals surface area contributed by atoms with Gasteiger partial charge >= 0.3 is 0 Å². The number of carbonyl (C=O) groups is 1. The van der Waals surface area contributed by atoms with Crippen LogP contribution in [0.3, 0.4) is 0 Å². The summed E-state index contributed by atoms with van der Waals surface area (Å²) in [5, 5.41) is 13.5. The summed E-state index contributed by atoms with van der Waals surface area (Å²) >= 11 is 0. The van der Waals surface area contributed by atoms with E-state index in [-0.39, 0.29) is 36.4 Å². The van der Waals surface area contributed by atoms with E-state index < -0.39 is 9.84 Å². The summed E-state index contributed by atoms with van der Waals surface area (Å²) in [4.78, 5) is 11.1. The normalized spacial score (nSPS) is 22.6. The first kappa shape index (κ1) is 12.9. The standard InChI is InChI=1S/C9H15N3O3S/c10-2-3-12-9(13)6-11-5-8-1-4-16(14,15)7-8/h8,11H,1,3-7H2,(H,12,13). The molecular formula is C9H15N3O3S. The van der Waals surface area contributed by atoms with E-state index in [2.05, 4.69) is 10.6 Å². The Morgan fingerprint density at radius 1 is 1.50 bits per heavy atom. The number of nitriles is 1. The van der Waals surface area contributed by atoms with E-state index in [1.165, 1.54) is 0 Å². The molecular weight excluding hydrogens is 230 g/mol. The van der Waals surface area contributed by atoms with Crippen molar-refractivity contribution < 1.29 is 13.2 Å². The maximum atomic E-state index is 11.1. The third-order valence-electron chi connectivity index (χ3n) is 2.41. The Morgan fingerprint density at radius 3 is 2.81 bits per heavy atom. The Kier molecular flexibility index (Phi) is 4.71. The lowest BCUT2D eigenvalue weighted by molar-refractivity contribution is -0.120. The lowest BCUT2D eigenvalue weighted by Gasteiger charge is -2.08. The fourth-order valence-corrected chi connectivity index (χ4v) is 3.49. The van der Waals surface area contributed by atoms with Crippen LogP contribution in [0.5, 0.6) is 0 Å². The Morgan fingerprint density at radius 2 is 2.25 bits per heavy atom. The minimum absolute atomic E-state index is 0.00167. The van der Waals surface area contributed by atoms with E-state index in [1.807, 2.05) is 0 Å². The zero-order valence-corrected chi connectivity index (χ0v) is 9.72. The first-order chi connectivity index (χ1) is 7.53. The van der Waals surface area contributed by atoms with Gasteiger partial charge in [0.15, 0.2) is 9.84 Å². The van der Waals surface area contributed by atoms with Crippen molar-refractivity contribution in [2.45, 2.75) is 6.42 Å². The highest BCUT2D eigenvalue weighted by atomic mass is 32.2. The van der Waals surface area contributed by atoms with Gasteiger partial charge in [-0.1, -0.05) is 0 Å². The number of hydrogen-bond acceptors (Lipinski definition) is 5. The predicted octanol–water partition coefficient (Wildman–Crippen LogP) is -1.35. The first-order valence-electron chi connectivity index (χ1n) is 5.08. The molecule has 1 fully saturated rings. The van der Waals surface area contributed by atoms with Crippen LogP contribution < -0.4 is 10.6 Å². The van der Waals surface area contributed by atoms with Crippen LogP contribution in [-0.4, -0.2) is 45.5 Å². The van der Waals surface area contributed by atoms with Gasteiger partial charge in [0.05, 0.1) is 24.1 Å². The van der Waals surface area contributed by atoms with Crippen molar-refractivity contribution in [3.8, 4) is 6.07 Å². The molecule has 0 bridgehead atoms. The zero-order valence-electron chi connectivity index (χ0n) is 8.90. The monoisotopic (exact) mass is 245 g/mol. The van der Waals surface area contributed by atoms with Crippen LogP contribution in [0.2, 0.25) is 0 Å². The number of amides is 1. The van der Waals surface area contributed by atoms with E-state index >= 15 is 0 Å². The third-order valence-corrected chi connectivity index (χ3v) is 4.25. The second-order valence-corrected chi connectivity index (χ2v) is 6.06. The van der Waals surface area contributed by atoms with Crippen molar-refractivity contribution in [1.82, 2.24) is 10.6 Å². The van der Waals surface area contributed by atoms with Crippen molar-refractivity contribution in [1.29, 1.82) is 5.26 Å². The molecule has 1 rings (SSSR count). The molecule has 1 heterocycles. The van der Waals surface area contributed by atoms with Gasteiger partial charge in [0.2, 0.25) is 5.91 Å². The smallest absolute Gasteiger partial charge is 0.234 e. The van der Waals surface area contributed by atoms with Gasteiger partial charge in [0.1, 0.15) is 6.54 Å². The van der Waals surface area contributed by atoms with Gasteiger partial charge in [-0.05, 0) is 18.9 Å². The van der Waals surface area contributed by atoms with E-state index in [0.29, 0.717) is 13.0 Å². The topological polar surface area (TPSA) is 99.1 Å². The Hall–Kier alpha value is -1.13. The number of nitrogens with zero attached hydrogens (tertiary/aromatic N) is 1. The molecule has 1 aliphatic rings. The summed E-state index contributed by atoms with van der Waals surface area (Å²) in [6, 6.07) is 1.80. The average Bonchev–Trinajstić information content (AvgIpc) is 2.55. The molecule has 1 unspecified atom stereocenters. The molecule has 0 aromatic carbocycles. The fraction of sp³-hybridized carbons (Fsp3) is 0.778. The molecule has 7 heteroatoms. The van der Waals surface area contributed by atoms with Gasteiger partial charge in [0, 0.05) is 0 Å². The Labute approximate surface area is 94.9 Å². The molecule has 0 aliphatic carbocycles. The quantitative estimate of drug-likeness (QED) is 0.583. The average molecular weight is 245 g/mol. The molecule has 90 valence electrons. The van der Waals surface area contributed by atoms with E-state index in [4.69, 9.17) is 5.26 Å². The highest BCUT2D eigenvalue weighted by molar-refractivity contribution is 7.91. The van der Waals surface area contributed by atoms with Gasteiger partial charge < -0.3 is 10.6 Å². The predicted molar refractivity (Wildman–Crippen MR) is 58.3 cm³/mol. The summed E-state index contributed by atoms with van der Waals surface area (Å²) in [6.45, 7) is 0.649. The lowest BCUT2D eigenvalue weighted by atomic mass is 10.1. The largest absolute Gasteiger partial charge is 0.342 e. The Balaban J connectivity index is 2.13. The van der Waals surface area contributed by atoms with E-state index in [9.17, 15) is 13.2 Å². The zero-order chi connectivity index (χ0) is 12.0. The SMILES string of the molecule is N#CCNC(=O)CNCC1CCS(=O)(=O)C1. The Bertz CT molecular complexity index is 385. The summed E-state index contributed by atoms with van der Waals surface area (Å²) in [7, 11) is -2.84. The van der Waals surface area contributed by atoms with Crippen LogP contribution >= 0.6 is 0 Å². The number of sulfone groups is 1. The minimum atomic E-state index is -2.84. The van der Waals surface area contributed by atoms with Gasteiger partial charge in [-0.2, -0.15) is 5.26 Å². The fourth-order valence-electron chi connectivity index (χ4n) is 1.62. The second kappa shape index (κ2) is 5.82. The molecule has 0 saturated carbocycles. The molecule has 1 saturated heterocycles. The second-order valence-electron chi connectivity index (χ2n) is 3.83. The molecule has 2 N–H and O–H groups in total. The lowest BCUT2D eigenvalue weighted by Crippen LogP contribution is -2.36. The molecule has 0 spiro atoms. The van der Waals surface area contributed by atoms with Crippen molar-refractivity contribution >= 4 is 15.7 Å². The van der Waals surface area contributed by atoms with Crippen LogP contribution in [-0.2, 0) is 14.6 Å². The molecule has 1 atom stereocenters. The summed E-state index contributed by atoms with van der Waals surface area (Å²) in [6.07, 6.45) is 0.662. The molecule has 6 nitrogen and oxygen atoms in total. The van der Waals surface area contributed by atoms with Crippen LogP contribution in [0.1, 0.15) is 6.42 Å². The number of hydrogen-bond donors (Lipinski definition) is 2. The highest BCUT2D eigenvalue weighted by Crippen LogP contribution is 2.16. The molecule has 16 heavy (non-hydrogen) atoms. The van der Waals surface area contributed by atoms with E-state index in [1.54, 1.807) is 6.07 Å². The first-order valence-corrected chi connectivity index (χ1v) is 6.90. The van der Waals surface area contributed by atoms with Crippen molar-refractivity contribution in [2.24, 2.45) is 5.92 Å². The highest BCUT2D eigenvalue weighted by Gasteiger charge is 2.27. The summed E-state index contributed by atoms with van der Waals surface area (Å²) < 4.78 is 22.3. The van der Waals surface area contributed by atoms with Crippen molar-refractivity contribution in [3.05, 3.63) is 0 Å². The maximum absolute atomic E-state index is 11.1. The minimum Gasteiger partial charge on any atom is -0.342 e. The summed E-state index contributed by atoms with van der Waals surface area (Å²) in [5.74, 6) is 0.316. The van der Waals surface area contributed by atoms with Crippen LogP contribution in [0.25, 0.3) is 0 Å².